The zero-order valence-electron chi connectivity index (χ0n) is 10.6. The Kier molecular flexibility index (Phi) is 2.86. The molecule has 0 spiro atoms. The van der Waals surface area contributed by atoms with E-state index in [2.05, 4.69) is 47.6 Å². The fraction of sp³-hybridized carbons (Fsp3) is 0.571. The van der Waals surface area contributed by atoms with E-state index in [1.807, 2.05) is 12.1 Å². The van der Waals surface area contributed by atoms with Crippen molar-refractivity contribution in [1.82, 2.24) is 0 Å². The van der Waals surface area contributed by atoms with Gasteiger partial charge >= 0.3 is 0 Å². The van der Waals surface area contributed by atoms with Gasteiger partial charge in [-0.3, -0.25) is 0 Å². The summed E-state index contributed by atoms with van der Waals surface area (Å²) >= 11 is 0. The van der Waals surface area contributed by atoms with Gasteiger partial charge in [0.1, 0.15) is 5.75 Å². The van der Waals surface area contributed by atoms with Crippen LogP contribution >= 0.6 is 0 Å². The van der Waals surface area contributed by atoms with Crippen molar-refractivity contribution in [3.05, 3.63) is 29.3 Å². The number of aromatic hydroxyl groups is 1. The van der Waals surface area contributed by atoms with Crippen LogP contribution < -0.4 is 0 Å². The summed E-state index contributed by atoms with van der Waals surface area (Å²) in [7, 11) is 0. The van der Waals surface area contributed by atoms with Crippen molar-refractivity contribution in [2.75, 3.05) is 0 Å². The number of phenols is 1. The lowest BCUT2D eigenvalue weighted by Gasteiger charge is -2.26. The molecular weight excluding hydrogens is 184 g/mol. The second-order valence-electron chi connectivity index (χ2n) is 6.13. The van der Waals surface area contributed by atoms with Crippen molar-refractivity contribution in [2.24, 2.45) is 0 Å². The van der Waals surface area contributed by atoms with Gasteiger partial charge in [0, 0.05) is 11.1 Å². The summed E-state index contributed by atoms with van der Waals surface area (Å²) in [6.45, 7) is 12.6. The quantitative estimate of drug-likeness (QED) is 0.683. The minimum atomic E-state index is -0.0398. The maximum Gasteiger partial charge on any atom is 0.123 e. The first-order valence-corrected chi connectivity index (χ1v) is 5.38. The molecule has 0 heterocycles. The Morgan fingerprint density at radius 3 is 1.47 bits per heavy atom. The number of hydrogen-bond acceptors (Lipinski definition) is 1. The Labute approximate surface area is 93.1 Å². The molecule has 0 unspecified atom stereocenters. The lowest BCUT2D eigenvalue weighted by Crippen LogP contribution is -2.16. The van der Waals surface area contributed by atoms with Crippen LogP contribution in [0.1, 0.15) is 52.7 Å². The van der Waals surface area contributed by atoms with Crippen LogP contribution in [0.3, 0.4) is 0 Å². The third-order valence-electron chi connectivity index (χ3n) is 2.58. The smallest absolute Gasteiger partial charge is 0.123 e. The van der Waals surface area contributed by atoms with Crippen LogP contribution in [-0.4, -0.2) is 5.11 Å². The molecule has 0 bridgehead atoms. The predicted molar refractivity (Wildman–Crippen MR) is 64.3 cm³/mol. The topological polar surface area (TPSA) is 20.2 Å². The molecule has 1 aromatic rings. The molecule has 1 radical (unpaired) electrons. The first-order valence-electron chi connectivity index (χ1n) is 5.38. The highest BCUT2D eigenvalue weighted by molar-refractivity contribution is 5.46. The fourth-order valence-electron chi connectivity index (χ4n) is 1.63. The van der Waals surface area contributed by atoms with Crippen LogP contribution in [0.15, 0.2) is 12.1 Å². The normalized spacial score (nSPS) is 12.9. The van der Waals surface area contributed by atoms with Gasteiger partial charge in [-0.1, -0.05) is 41.5 Å². The minimum Gasteiger partial charge on any atom is -0.507 e. The zero-order valence-corrected chi connectivity index (χ0v) is 10.6. The first-order chi connectivity index (χ1) is 6.64. The second-order valence-corrected chi connectivity index (χ2v) is 6.13. The van der Waals surface area contributed by atoms with Crippen LogP contribution in [0.25, 0.3) is 0 Å². The van der Waals surface area contributed by atoms with Gasteiger partial charge in [0.15, 0.2) is 0 Å². The van der Waals surface area contributed by atoms with Crippen molar-refractivity contribution in [2.45, 2.75) is 52.4 Å². The van der Waals surface area contributed by atoms with Crippen LogP contribution in [0.5, 0.6) is 5.75 Å². The van der Waals surface area contributed by atoms with Gasteiger partial charge in [-0.05, 0) is 29.0 Å². The molecule has 1 rings (SSSR count). The third-order valence-corrected chi connectivity index (χ3v) is 2.58. The molecule has 0 amide bonds. The van der Waals surface area contributed by atoms with Gasteiger partial charge in [-0.25, -0.2) is 0 Å². The third kappa shape index (κ3) is 2.53. The van der Waals surface area contributed by atoms with Gasteiger partial charge in [0.25, 0.3) is 0 Å². The molecule has 0 saturated heterocycles. The summed E-state index contributed by atoms with van der Waals surface area (Å²) in [5.41, 5.74) is 1.86. The summed E-state index contributed by atoms with van der Waals surface area (Å²) in [5, 5.41) is 10.2. The van der Waals surface area contributed by atoms with Crippen molar-refractivity contribution >= 4 is 0 Å². The Balaban J connectivity index is 3.37. The molecule has 0 atom stereocenters. The summed E-state index contributed by atoms with van der Waals surface area (Å²) in [6, 6.07) is 6.88. The maximum atomic E-state index is 10.2. The number of rotatable bonds is 0. The first kappa shape index (κ1) is 12.1. The van der Waals surface area contributed by atoms with E-state index in [0.29, 0.717) is 5.75 Å². The van der Waals surface area contributed by atoms with Gasteiger partial charge in [-0.15, -0.1) is 0 Å². The average molecular weight is 205 g/mol. The van der Waals surface area contributed by atoms with Gasteiger partial charge in [-0.2, -0.15) is 0 Å². The standard InChI is InChI=1S/C14H21O/c1-13(2,3)10-8-7-9-11(12(10)15)14(4,5)6/h8-9,15H,1-6H3. The molecule has 0 fully saturated rings. The SMILES string of the molecule is CC(C)(C)c1c[c]cc(C(C)(C)C)c1O. The summed E-state index contributed by atoms with van der Waals surface area (Å²) in [6.07, 6.45) is 0. The Bertz CT molecular complexity index is 318. The van der Waals surface area contributed by atoms with E-state index < -0.39 is 0 Å². The van der Waals surface area contributed by atoms with E-state index in [-0.39, 0.29) is 10.8 Å². The monoisotopic (exact) mass is 205 g/mol. The van der Waals surface area contributed by atoms with Crippen molar-refractivity contribution < 1.29 is 5.11 Å². The van der Waals surface area contributed by atoms with Gasteiger partial charge in [0.2, 0.25) is 0 Å². The van der Waals surface area contributed by atoms with E-state index in [0.717, 1.165) is 11.1 Å². The van der Waals surface area contributed by atoms with E-state index >= 15 is 0 Å². The Morgan fingerprint density at radius 1 is 0.867 bits per heavy atom. The van der Waals surface area contributed by atoms with Crippen LogP contribution in [0.4, 0.5) is 0 Å². The lowest BCUT2D eigenvalue weighted by molar-refractivity contribution is 0.423. The van der Waals surface area contributed by atoms with Crippen molar-refractivity contribution in [3.8, 4) is 5.75 Å². The number of hydrogen-bond donors (Lipinski definition) is 1. The van der Waals surface area contributed by atoms with E-state index in [1.54, 1.807) is 0 Å². The Morgan fingerprint density at radius 2 is 1.20 bits per heavy atom. The second kappa shape index (κ2) is 3.55. The number of benzene rings is 1. The predicted octanol–water partition coefficient (Wildman–Crippen LogP) is 3.79. The summed E-state index contributed by atoms with van der Waals surface area (Å²) in [4.78, 5) is 0. The molecule has 1 aromatic carbocycles. The highest BCUT2D eigenvalue weighted by atomic mass is 16.3. The molecule has 83 valence electrons. The van der Waals surface area contributed by atoms with Crippen LogP contribution in [-0.2, 0) is 10.8 Å². The van der Waals surface area contributed by atoms with E-state index in [1.165, 1.54) is 0 Å². The Hall–Kier alpha value is -0.980. The van der Waals surface area contributed by atoms with Crippen molar-refractivity contribution in [3.63, 3.8) is 0 Å². The van der Waals surface area contributed by atoms with Gasteiger partial charge in [0.05, 0.1) is 0 Å². The average Bonchev–Trinajstić information content (AvgIpc) is 1.99. The molecule has 15 heavy (non-hydrogen) atoms. The van der Waals surface area contributed by atoms with E-state index in [4.69, 9.17) is 0 Å². The summed E-state index contributed by atoms with van der Waals surface area (Å²) in [5.74, 6) is 0.425. The minimum absolute atomic E-state index is 0.0398. The van der Waals surface area contributed by atoms with Crippen LogP contribution in [0, 0.1) is 6.07 Å². The summed E-state index contributed by atoms with van der Waals surface area (Å²) < 4.78 is 0. The highest BCUT2D eigenvalue weighted by Gasteiger charge is 2.24. The molecule has 0 aromatic heterocycles. The number of phenolic OH excluding ortho intramolecular Hbond substituents is 1. The van der Waals surface area contributed by atoms with E-state index in [9.17, 15) is 5.11 Å². The molecule has 1 N–H and O–H groups in total. The fourth-order valence-corrected chi connectivity index (χ4v) is 1.63. The molecule has 1 heteroatoms. The molecule has 0 aliphatic carbocycles. The van der Waals surface area contributed by atoms with Crippen molar-refractivity contribution in [1.29, 1.82) is 0 Å². The zero-order chi connectivity index (χ0) is 11.9. The molecule has 1 nitrogen and oxygen atoms in total. The molecule has 0 aliphatic heterocycles. The van der Waals surface area contributed by atoms with Gasteiger partial charge < -0.3 is 5.11 Å². The molecule has 0 saturated carbocycles. The highest BCUT2D eigenvalue weighted by Crippen LogP contribution is 2.38. The molecular formula is C14H21O. The maximum absolute atomic E-state index is 10.2. The largest absolute Gasteiger partial charge is 0.507 e. The van der Waals surface area contributed by atoms with Crippen LogP contribution in [0.2, 0.25) is 0 Å². The lowest BCUT2D eigenvalue weighted by atomic mass is 9.80. The molecule has 0 aliphatic rings.